The number of carbonyl (C=O) groups excluding carboxylic acids is 1. The second-order valence-corrected chi connectivity index (χ2v) is 4.11. The molecule has 94 valence electrons. The van der Waals surface area contributed by atoms with E-state index < -0.39 is 0 Å². The summed E-state index contributed by atoms with van der Waals surface area (Å²) < 4.78 is 5.02. The van der Waals surface area contributed by atoms with Crippen molar-refractivity contribution < 1.29 is 9.53 Å². The zero-order valence-corrected chi connectivity index (χ0v) is 11.1. The summed E-state index contributed by atoms with van der Waals surface area (Å²) in [6, 6.07) is 3.77. The lowest BCUT2D eigenvalue weighted by Crippen LogP contribution is -2.11. The highest BCUT2D eigenvalue weighted by atomic mass is 16.5. The van der Waals surface area contributed by atoms with Gasteiger partial charge in [-0.05, 0) is 37.8 Å². The molecule has 1 unspecified atom stereocenters. The molecule has 1 aromatic rings. The first-order valence-electron chi connectivity index (χ1n) is 6.30. The summed E-state index contributed by atoms with van der Waals surface area (Å²) in [6.45, 7) is 8.49. The lowest BCUT2D eigenvalue weighted by molar-refractivity contribution is 0.0524. The van der Waals surface area contributed by atoms with Crippen LogP contribution in [0.25, 0.3) is 0 Å². The molecule has 3 heteroatoms. The fourth-order valence-corrected chi connectivity index (χ4v) is 1.67. The van der Waals surface area contributed by atoms with E-state index >= 15 is 0 Å². The lowest BCUT2D eigenvalue weighted by atomic mass is 10.0. The van der Waals surface area contributed by atoms with Gasteiger partial charge in [-0.3, -0.25) is 4.98 Å². The van der Waals surface area contributed by atoms with Crippen LogP contribution >= 0.6 is 0 Å². The second kappa shape index (κ2) is 6.38. The number of hydrogen-bond donors (Lipinski definition) is 0. The normalized spacial score (nSPS) is 12.2. The standard InChI is InChI=1S/C14H21NO2/c1-5-10(4)13-9-8-11(12(6-2)15-13)14(16)17-7-3/h8-10H,5-7H2,1-4H3. The molecule has 0 radical (unpaired) electrons. The number of ether oxygens (including phenoxy) is 1. The molecule has 0 aliphatic heterocycles. The van der Waals surface area contributed by atoms with Crippen molar-refractivity contribution in [2.45, 2.75) is 46.5 Å². The molecular formula is C14H21NO2. The first-order valence-corrected chi connectivity index (χ1v) is 6.30. The maximum absolute atomic E-state index is 11.7. The molecule has 0 aliphatic carbocycles. The van der Waals surface area contributed by atoms with E-state index in [1.807, 2.05) is 26.0 Å². The van der Waals surface area contributed by atoms with Crippen LogP contribution in [0.3, 0.4) is 0 Å². The minimum atomic E-state index is -0.271. The van der Waals surface area contributed by atoms with Gasteiger partial charge in [-0.1, -0.05) is 20.8 Å². The highest BCUT2D eigenvalue weighted by Gasteiger charge is 2.14. The predicted molar refractivity (Wildman–Crippen MR) is 68.3 cm³/mol. The third-order valence-electron chi connectivity index (χ3n) is 2.94. The van der Waals surface area contributed by atoms with Gasteiger partial charge in [0.1, 0.15) is 0 Å². The predicted octanol–water partition coefficient (Wildman–Crippen LogP) is 3.33. The summed E-state index contributed by atoms with van der Waals surface area (Å²) in [5, 5.41) is 0. The number of hydrogen-bond acceptors (Lipinski definition) is 3. The van der Waals surface area contributed by atoms with Gasteiger partial charge in [0.15, 0.2) is 0 Å². The van der Waals surface area contributed by atoms with Crippen LogP contribution in [0, 0.1) is 0 Å². The van der Waals surface area contributed by atoms with E-state index in [0.717, 1.165) is 24.2 Å². The van der Waals surface area contributed by atoms with E-state index in [1.54, 1.807) is 0 Å². The summed E-state index contributed by atoms with van der Waals surface area (Å²) in [4.78, 5) is 16.3. The molecular weight excluding hydrogens is 214 g/mol. The smallest absolute Gasteiger partial charge is 0.339 e. The van der Waals surface area contributed by atoms with Crippen LogP contribution < -0.4 is 0 Å². The molecule has 0 saturated carbocycles. The molecule has 17 heavy (non-hydrogen) atoms. The summed E-state index contributed by atoms with van der Waals surface area (Å²) in [5.41, 5.74) is 2.49. The van der Waals surface area contributed by atoms with E-state index in [9.17, 15) is 4.79 Å². The molecule has 1 heterocycles. The Morgan fingerprint density at radius 2 is 2.06 bits per heavy atom. The molecule has 0 aliphatic rings. The minimum absolute atomic E-state index is 0.271. The average molecular weight is 235 g/mol. The molecule has 0 saturated heterocycles. The van der Waals surface area contributed by atoms with Crippen molar-refractivity contribution in [1.29, 1.82) is 0 Å². The van der Waals surface area contributed by atoms with Crippen molar-refractivity contribution in [1.82, 2.24) is 4.98 Å². The van der Waals surface area contributed by atoms with Gasteiger partial charge >= 0.3 is 5.97 Å². The molecule has 0 amide bonds. The first-order chi connectivity index (χ1) is 8.13. The number of nitrogens with zero attached hydrogens (tertiary/aromatic N) is 1. The molecule has 0 fully saturated rings. The molecule has 1 aromatic heterocycles. The number of pyridine rings is 1. The molecule has 0 aromatic carbocycles. The molecule has 1 atom stereocenters. The molecule has 0 spiro atoms. The third kappa shape index (κ3) is 3.29. The quantitative estimate of drug-likeness (QED) is 0.735. The summed E-state index contributed by atoms with van der Waals surface area (Å²) in [7, 11) is 0. The summed E-state index contributed by atoms with van der Waals surface area (Å²) in [5.74, 6) is 0.157. The van der Waals surface area contributed by atoms with Crippen molar-refractivity contribution in [3.05, 3.63) is 29.1 Å². The Morgan fingerprint density at radius 3 is 2.59 bits per heavy atom. The van der Waals surface area contributed by atoms with Crippen LogP contribution in [0.5, 0.6) is 0 Å². The van der Waals surface area contributed by atoms with Crippen LogP contribution in [0.4, 0.5) is 0 Å². The van der Waals surface area contributed by atoms with Crippen molar-refractivity contribution in [3.8, 4) is 0 Å². The van der Waals surface area contributed by atoms with Gasteiger partial charge in [-0.2, -0.15) is 0 Å². The van der Waals surface area contributed by atoms with E-state index in [0.29, 0.717) is 18.1 Å². The SMILES string of the molecule is CCOC(=O)c1ccc(C(C)CC)nc1CC. The van der Waals surface area contributed by atoms with Gasteiger partial charge in [-0.15, -0.1) is 0 Å². The number of esters is 1. The largest absolute Gasteiger partial charge is 0.462 e. The zero-order valence-electron chi connectivity index (χ0n) is 11.1. The molecule has 0 N–H and O–H groups in total. The van der Waals surface area contributed by atoms with Crippen LogP contribution in [0.1, 0.15) is 61.8 Å². The first kappa shape index (κ1) is 13.7. The third-order valence-corrected chi connectivity index (χ3v) is 2.94. The lowest BCUT2D eigenvalue weighted by Gasteiger charge is -2.12. The fourth-order valence-electron chi connectivity index (χ4n) is 1.67. The Kier molecular flexibility index (Phi) is 5.13. The van der Waals surface area contributed by atoms with Crippen molar-refractivity contribution in [2.75, 3.05) is 6.61 Å². The van der Waals surface area contributed by atoms with Crippen molar-refractivity contribution in [2.24, 2.45) is 0 Å². The fraction of sp³-hybridized carbons (Fsp3) is 0.571. The Labute approximate surface area is 103 Å². The van der Waals surface area contributed by atoms with Crippen molar-refractivity contribution >= 4 is 5.97 Å². The zero-order chi connectivity index (χ0) is 12.8. The monoisotopic (exact) mass is 235 g/mol. The van der Waals surface area contributed by atoms with E-state index in [1.165, 1.54) is 0 Å². The van der Waals surface area contributed by atoms with E-state index in [4.69, 9.17) is 4.74 Å². The van der Waals surface area contributed by atoms with Gasteiger partial charge in [0.2, 0.25) is 0 Å². The number of rotatable bonds is 5. The van der Waals surface area contributed by atoms with Crippen LogP contribution in [-0.4, -0.2) is 17.6 Å². The van der Waals surface area contributed by atoms with Crippen molar-refractivity contribution in [3.63, 3.8) is 0 Å². The number of aromatic nitrogens is 1. The van der Waals surface area contributed by atoms with E-state index in [-0.39, 0.29) is 5.97 Å². The number of aryl methyl sites for hydroxylation is 1. The molecule has 3 nitrogen and oxygen atoms in total. The molecule has 1 rings (SSSR count). The Hall–Kier alpha value is -1.38. The second-order valence-electron chi connectivity index (χ2n) is 4.11. The van der Waals surface area contributed by atoms with Crippen LogP contribution in [0.15, 0.2) is 12.1 Å². The maximum atomic E-state index is 11.7. The number of carbonyl (C=O) groups is 1. The van der Waals surface area contributed by atoms with Gasteiger partial charge in [-0.25, -0.2) is 4.79 Å². The topological polar surface area (TPSA) is 39.2 Å². The molecule has 0 bridgehead atoms. The van der Waals surface area contributed by atoms with Crippen LogP contribution in [0.2, 0.25) is 0 Å². The Bertz CT molecular complexity index is 388. The Morgan fingerprint density at radius 1 is 1.35 bits per heavy atom. The van der Waals surface area contributed by atoms with E-state index in [2.05, 4.69) is 18.8 Å². The minimum Gasteiger partial charge on any atom is -0.462 e. The summed E-state index contributed by atoms with van der Waals surface area (Å²) in [6.07, 6.45) is 1.80. The van der Waals surface area contributed by atoms with Gasteiger partial charge in [0.05, 0.1) is 17.9 Å². The highest BCUT2D eigenvalue weighted by molar-refractivity contribution is 5.90. The highest BCUT2D eigenvalue weighted by Crippen LogP contribution is 2.19. The Balaban J connectivity index is 3.05. The maximum Gasteiger partial charge on any atom is 0.339 e. The summed E-state index contributed by atoms with van der Waals surface area (Å²) >= 11 is 0. The van der Waals surface area contributed by atoms with Gasteiger partial charge < -0.3 is 4.74 Å². The van der Waals surface area contributed by atoms with Gasteiger partial charge in [0, 0.05) is 5.69 Å². The van der Waals surface area contributed by atoms with Gasteiger partial charge in [0.25, 0.3) is 0 Å². The van der Waals surface area contributed by atoms with Crippen LogP contribution in [-0.2, 0) is 11.2 Å². The average Bonchev–Trinajstić information content (AvgIpc) is 2.37.